The first kappa shape index (κ1) is 30.3. The van der Waals surface area contributed by atoms with Gasteiger partial charge in [-0.3, -0.25) is 9.88 Å². The van der Waals surface area contributed by atoms with E-state index in [0.717, 1.165) is 43.9 Å². The van der Waals surface area contributed by atoms with Crippen molar-refractivity contribution in [1.82, 2.24) is 9.88 Å². The van der Waals surface area contributed by atoms with E-state index < -0.39 is 24.3 Å². The van der Waals surface area contributed by atoms with Gasteiger partial charge < -0.3 is 19.7 Å². The Labute approximate surface area is 197 Å². The third-order valence-electron chi connectivity index (χ3n) is 4.87. The minimum Gasteiger partial charge on any atom is -0.475 e. The van der Waals surface area contributed by atoms with E-state index in [9.17, 15) is 26.3 Å². The predicted molar refractivity (Wildman–Crippen MR) is 109 cm³/mol. The molecular weight excluding hydrogens is 490 g/mol. The third-order valence-corrected chi connectivity index (χ3v) is 4.87. The van der Waals surface area contributed by atoms with Crippen LogP contribution in [0.25, 0.3) is 0 Å². The van der Waals surface area contributed by atoms with E-state index >= 15 is 0 Å². The molecule has 1 saturated heterocycles. The van der Waals surface area contributed by atoms with E-state index in [1.54, 1.807) is 0 Å². The number of rotatable bonds is 5. The van der Waals surface area contributed by atoms with Gasteiger partial charge in [-0.2, -0.15) is 26.3 Å². The molecular formula is C21H26F6N2O6. The van der Waals surface area contributed by atoms with Crippen LogP contribution in [0.2, 0.25) is 0 Å². The number of aromatic nitrogens is 1. The molecule has 2 N–H and O–H groups in total. The minimum atomic E-state index is -5.08. The lowest BCUT2D eigenvalue weighted by Crippen LogP contribution is -2.51. The highest BCUT2D eigenvalue weighted by atomic mass is 19.4. The first-order chi connectivity index (χ1) is 16.2. The molecule has 198 valence electrons. The van der Waals surface area contributed by atoms with Gasteiger partial charge in [-0.15, -0.1) is 6.58 Å². The van der Waals surface area contributed by atoms with Crippen LogP contribution < -0.4 is 0 Å². The number of nitrogens with zero attached hydrogens (tertiary/aromatic N) is 2. The molecule has 0 radical (unpaired) electrons. The number of carbonyl (C=O) groups is 2. The lowest BCUT2D eigenvalue weighted by molar-refractivity contribution is -0.193. The summed E-state index contributed by atoms with van der Waals surface area (Å²) in [5.74, 6) is -5.51. The van der Waals surface area contributed by atoms with Gasteiger partial charge in [-0.1, -0.05) is 12.1 Å². The van der Waals surface area contributed by atoms with Gasteiger partial charge in [-0.25, -0.2) is 9.59 Å². The van der Waals surface area contributed by atoms with Crippen LogP contribution in [0, 0.1) is 6.92 Å². The molecule has 0 aromatic carbocycles. The molecule has 14 heteroatoms. The van der Waals surface area contributed by atoms with Crippen LogP contribution in [0.1, 0.15) is 24.2 Å². The van der Waals surface area contributed by atoms with Gasteiger partial charge in [0, 0.05) is 24.8 Å². The van der Waals surface area contributed by atoms with Gasteiger partial charge in [0.15, 0.2) is 0 Å². The molecule has 2 fully saturated rings. The fraction of sp³-hybridized carbons (Fsp3) is 0.571. The molecule has 2 heterocycles. The molecule has 2 aliphatic rings. The van der Waals surface area contributed by atoms with Crippen molar-refractivity contribution in [2.75, 3.05) is 19.8 Å². The first-order valence-corrected chi connectivity index (χ1v) is 10.3. The number of aliphatic carboxylic acids is 2. The number of pyridine rings is 1. The Morgan fingerprint density at radius 2 is 1.74 bits per heavy atom. The average Bonchev–Trinajstić information content (AvgIpc) is 3.16. The van der Waals surface area contributed by atoms with E-state index in [4.69, 9.17) is 29.3 Å². The van der Waals surface area contributed by atoms with Crippen molar-refractivity contribution in [2.24, 2.45) is 0 Å². The van der Waals surface area contributed by atoms with Crippen molar-refractivity contribution in [2.45, 2.75) is 56.9 Å². The topological polar surface area (TPSA) is 109 Å². The summed E-state index contributed by atoms with van der Waals surface area (Å²) < 4.78 is 75.3. The van der Waals surface area contributed by atoms with Gasteiger partial charge in [0.1, 0.15) is 0 Å². The molecule has 0 bridgehead atoms. The predicted octanol–water partition coefficient (Wildman–Crippen LogP) is 3.59. The number of carboxylic acids is 2. The SMILES string of the molecule is C=CCO[C@H]1CC[C@H]2[C@H]1OCCN2Cc1cccc(C)n1.O=C(O)C(F)(F)F.O=C(O)C(F)(F)F. The first-order valence-electron chi connectivity index (χ1n) is 10.3. The molecule has 1 aromatic heterocycles. The number of morpholine rings is 1. The fourth-order valence-electron chi connectivity index (χ4n) is 3.45. The highest BCUT2D eigenvalue weighted by molar-refractivity contribution is 5.73. The second-order valence-electron chi connectivity index (χ2n) is 7.49. The maximum Gasteiger partial charge on any atom is 0.490 e. The van der Waals surface area contributed by atoms with Crippen LogP contribution in [0.5, 0.6) is 0 Å². The molecule has 1 aliphatic heterocycles. The largest absolute Gasteiger partial charge is 0.490 e. The molecule has 3 atom stereocenters. The summed E-state index contributed by atoms with van der Waals surface area (Å²) in [5.41, 5.74) is 2.22. The molecule has 1 aromatic rings. The highest BCUT2D eigenvalue weighted by Gasteiger charge is 2.43. The van der Waals surface area contributed by atoms with E-state index in [-0.39, 0.29) is 12.2 Å². The number of hydrogen-bond donors (Lipinski definition) is 2. The maximum atomic E-state index is 10.6. The smallest absolute Gasteiger partial charge is 0.475 e. The van der Waals surface area contributed by atoms with E-state index in [2.05, 4.69) is 28.6 Å². The van der Waals surface area contributed by atoms with Crippen LogP contribution in [0.3, 0.4) is 0 Å². The van der Waals surface area contributed by atoms with Crippen molar-refractivity contribution in [3.8, 4) is 0 Å². The number of ether oxygens (including phenoxy) is 2. The quantitative estimate of drug-likeness (QED) is 0.452. The van der Waals surface area contributed by atoms with Crippen molar-refractivity contribution >= 4 is 11.9 Å². The van der Waals surface area contributed by atoms with Crippen LogP contribution in [-0.4, -0.2) is 82.4 Å². The second kappa shape index (κ2) is 13.4. The van der Waals surface area contributed by atoms with Gasteiger partial charge in [0.25, 0.3) is 0 Å². The summed E-state index contributed by atoms with van der Waals surface area (Å²) in [6.45, 7) is 9.03. The lowest BCUT2D eigenvalue weighted by Gasteiger charge is -2.38. The Hall–Kier alpha value is -2.71. The number of aryl methyl sites for hydroxylation is 1. The van der Waals surface area contributed by atoms with E-state index in [1.807, 2.05) is 19.1 Å². The molecule has 3 rings (SSSR count). The van der Waals surface area contributed by atoms with Crippen LogP contribution in [0.15, 0.2) is 30.9 Å². The molecule has 0 unspecified atom stereocenters. The van der Waals surface area contributed by atoms with Gasteiger partial charge >= 0.3 is 24.3 Å². The van der Waals surface area contributed by atoms with E-state index in [0.29, 0.717) is 12.6 Å². The fourth-order valence-corrected chi connectivity index (χ4v) is 3.45. The zero-order valence-electron chi connectivity index (χ0n) is 18.7. The normalized spacial score (nSPS) is 22.1. The maximum absolute atomic E-state index is 10.6. The number of carboxylic acid groups (broad SMARTS) is 2. The third kappa shape index (κ3) is 10.6. The molecule has 1 saturated carbocycles. The Morgan fingerprint density at radius 1 is 1.17 bits per heavy atom. The zero-order chi connectivity index (χ0) is 26.8. The summed E-state index contributed by atoms with van der Waals surface area (Å²) in [7, 11) is 0. The van der Waals surface area contributed by atoms with Crippen molar-refractivity contribution < 1.29 is 55.6 Å². The molecule has 35 heavy (non-hydrogen) atoms. The van der Waals surface area contributed by atoms with Crippen molar-refractivity contribution in [1.29, 1.82) is 0 Å². The highest BCUT2D eigenvalue weighted by Crippen LogP contribution is 2.32. The summed E-state index contributed by atoms with van der Waals surface area (Å²) in [6, 6.07) is 6.69. The van der Waals surface area contributed by atoms with Crippen molar-refractivity contribution in [3.63, 3.8) is 0 Å². The summed E-state index contributed by atoms with van der Waals surface area (Å²) in [4.78, 5) is 24.9. The standard InChI is InChI=1S/C17H24N2O2.2C2HF3O2/c1-3-10-20-16-8-7-15-17(16)21-11-9-19(15)12-14-6-4-5-13(2)18-14;2*3-2(4,5)1(6)7/h3-6,15-17H,1,7-12H2,2H3;2*(H,6,7)/t15-,16-,17+;;/m0../s1. The second-order valence-corrected chi connectivity index (χ2v) is 7.49. The van der Waals surface area contributed by atoms with Gasteiger partial charge in [0.05, 0.1) is 31.1 Å². The molecule has 0 spiro atoms. The number of halogens is 6. The lowest BCUT2D eigenvalue weighted by atomic mass is 10.1. The van der Waals surface area contributed by atoms with Crippen LogP contribution >= 0.6 is 0 Å². The van der Waals surface area contributed by atoms with Crippen LogP contribution in [0.4, 0.5) is 26.3 Å². The van der Waals surface area contributed by atoms with Gasteiger partial charge in [-0.05, 0) is 31.9 Å². The number of alkyl halides is 6. The van der Waals surface area contributed by atoms with E-state index in [1.165, 1.54) is 0 Å². The van der Waals surface area contributed by atoms with Crippen molar-refractivity contribution in [3.05, 3.63) is 42.2 Å². The average molecular weight is 516 g/mol. The number of hydrogen-bond acceptors (Lipinski definition) is 6. The van der Waals surface area contributed by atoms with Crippen LogP contribution in [-0.2, 0) is 25.6 Å². The number of fused-ring (bicyclic) bond motifs is 1. The Balaban J connectivity index is 0.000000362. The summed E-state index contributed by atoms with van der Waals surface area (Å²) >= 11 is 0. The Kier molecular flexibility index (Phi) is 11.6. The molecule has 1 aliphatic carbocycles. The monoisotopic (exact) mass is 516 g/mol. The zero-order valence-corrected chi connectivity index (χ0v) is 18.7. The summed E-state index contributed by atoms with van der Waals surface area (Å²) in [5, 5.41) is 14.2. The molecule has 8 nitrogen and oxygen atoms in total. The minimum absolute atomic E-state index is 0.198. The van der Waals surface area contributed by atoms with Gasteiger partial charge in [0.2, 0.25) is 0 Å². The molecule has 0 amide bonds. The Morgan fingerprint density at radius 3 is 2.23 bits per heavy atom. The summed E-state index contributed by atoms with van der Waals surface area (Å²) in [6.07, 6.45) is -5.74. The Bertz CT molecular complexity index is 824.